The Morgan fingerprint density at radius 3 is 1.69 bits per heavy atom. The van der Waals surface area contributed by atoms with Crippen molar-refractivity contribution in [2.24, 2.45) is 11.8 Å². The predicted octanol–water partition coefficient (Wildman–Crippen LogP) is 4.00. The van der Waals surface area contributed by atoms with Crippen molar-refractivity contribution in [2.45, 2.75) is 11.8 Å². The van der Waals surface area contributed by atoms with Crippen molar-refractivity contribution in [3.8, 4) is 5.75 Å². The molecule has 4 aliphatic rings. The standard InChI is InChI=1S/C25H18N2O5/c1-32-13-10-11-18(19(12-13)27(30)31)26-24(28)22-20-14-6-2-3-7-15(14)21(23(22)25(26)29)17-9-5-4-8-16(17)20/h2-12,20-23H,1H3/t20?,21?,22-,23-/m1/s1. The second-order valence-corrected chi connectivity index (χ2v) is 8.39. The van der Waals surface area contributed by atoms with Crippen LogP contribution in [0.15, 0.2) is 66.7 Å². The van der Waals surface area contributed by atoms with E-state index in [9.17, 15) is 19.7 Å². The molecule has 2 amide bonds. The minimum absolute atomic E-state index is 0.00675. The van der Waals surface area contributed by atoms with E-state index in [1.54, 1.807) is 0 Å². The average molecular weight is 426 g/mol. The summed E-state index contributed by atoms with van der Waals surface area (Å²) in [6, 6.07) is 20.1. The molecule has 0 saturated carbocycles. The number of nitrogens with zero attached hydrogens (tertiary/aromatic N) is 2. The van der Waals surface area contributed by atoms with Gasteiger partial charge in [-0.15, -0.1) is 0 Å². The number of benzene rings is 3. The Labute approximate surface area is 183 Å². The highest BCUT2D eigenvalue weighted by Crippen LogP contribution is 2.61. The summed E-state index contributed by atoms with van der Waals surface area (Å²) in [6.07, 6.45) is 0. The molecule has 32 heavy (non-hydrogen) atoms. The van der Waals surface area contributed by atoms with Gasteiger partial charge in [0.15, 0.2) is 0 Å². The normalized spacial score (nSPS) is 24.7. The zero-order valence-electron chi connectivity index (χ0n) is 17.1. The van der Waals surface area contributed by atoms with Crippen LogP contribution < -0.4 is 9.64 Å². The Hall–Kier alpha value is -4.00. The Bertz CT molecular complexity index is 1220. The Balaban J connectivity index is 1.55. The molecule has 2 bridgehead atoms. The lowest BCUT2D eigenvalue weighted by Gasteiger charge is -2.45. The number of rotatable bonds is 3. The van der Waals surface area contributed by atoms with Crippen LogP contribution in [-0.2, 0) is 9.59 Å². The third kappa shape index (κ3) is 2.25. The van der Waals surface area contributed by atoms with Crippen LogP contribution in [0.25, 0.3) is 0 Å². The van der Waals surface area contributed by atoms with Gasteiger partial charge in [0.1, 0.15) is 11.4 Å². The number of ether oxygens (including phenoxy) is 1. The molecule has 1 heterocycles. The molecule has 0 radical (unpaired) electrons. The van der Waals surface area contributed by atoms with Gasteiger partial charge in [-0.1, -0.05) is 48.5 Å². The highest BCUT2D eigenvalue weighted by atomic mass is 16.6. The highest BCUT2D eigenvalue weighted by molar-refractivity contribution is 6.24. The van der Waals surface area contributed by atoms with Crippen molar-refractivity contribution < 1.29 is 19.2 Å². The summed E-state index contributed by atoms with van der Waals surface area (Å²) in [4.78, 5) is 39.7. The number of amides is 2. The number of imide groups is 1. The lowest BCUT2D eigenvalue weighted by molar-refractivity contribution is -0.384. The smallest absolute Gasteiger partial charge is 0.297 e. The summed E-state index contributed by atoms with van der Waals surface area (Å²) in [5.74, 6) is -2.15. The minimum Gasteiger partial charge on any atom is -0.496 e. The fraction of sp³-hybridized carbons (Fsp3) is 0.200. The van der Waals surface area contributed by atoms with E-state index in [1.807, 2.05) is 48.5 Å². The van der Waals surface area contributed by atoms with Crippen LogP contribution in [0.1, 0.15) is 34.1 Å². The van der Waals surface area contributed by atoms with Crippen LogP contribution in [0.3, 0.4) is 0 Å². The molecule has 0 aromatic heterocycles. The molecule has 7 nitrogen and oxygen atoms in total. The Morgan fingerprint density at radius 2 is 1.28 bits per heavy atom. The fourth-order valence-electron chi connectivity index (χ4n) is 5.88. The van der Waals surface area contributed by atoms with E-state index < -0.39 is 16.8 Å². The van der Waals surface area contributed by atoms with Gasteiger partial charge in [0.2, 0.25) is 11.8 Å². The number of nitro benzene ring substituents is 1. The van der Waals surface area contributed by atoms with Crippen molar-refractivity contribution >= 4 is 23.2 Å². The van der Waals surface area contributed by atoms with Gasteiger partial charge < -0.3 is 4.74 Å². The second kappa shape index (κ2) is 6.50. The molecule has 158 valence electrons. The van der Waals surface area contributed by atoms with Crippen molar-refractivity contribution in [3.63, 3.8) is 0 Å². The Morgan fingerprint density at radius 1 is 0.812 bits per heavy atom. The number of anilines is 1. The first-order chi connectivity index (χ1) is 15.5. The molecule has 7 heteroatoms. The predicted molar refractivity (Wildman–Crippen MR) is 116 cm³/mol. The summed E-state index contributed by atoms with van der Waals surface area (Å²) < 4.78 is 5.11. The van der Waals surface area contributed by atoms with Crippen LogP contribution >= 0.6 is 0 Å². The van der Waals surface area contributed by atoms with Gasteiger partial charge in [-0.25, -0.2) is 4.90 Å². The van der Waals surface area contributed by atoms with Crippen molar-refractivity contribution in [1.29, 1.82) is 0 Å². The largest absolute Gasteiger partial charge is 0.496 e. The van der Waals surface area contributed by atoms with E-state index in [1.165, 1.54) is 25.3 Å². The summed E-state index contributed by atoms with van der Waals surface area (Å²) in [7, 11) is 1.41. The van der Waals surface area contributed by atoms with Crippen molar-refractivity contribution in [3.05, 3.63) is 99.1 Å². The number of carbonyl (C=O) groups is 2. The molecule has 0 unspecified atom stereocenters. The van der Waals surface area contributed by atoms with Gasteiger partial charge >= 0.3 is 0 Å². The maximum Gasteiger partial charge on any atom is 0.297 e. The van der Waals surface area contributed by atoms with Gasteiger partial charge in [-0.05, 0) is 34.4 Å². The maximum absolute atomic E-state index is 13.7. The third-order valence-corrected chi connectivity index (χ3v) is 7.07. The summed E-state index contributed by atoms with van der Waals surface area (Å²) in [5.41, 5.74) is 3.91. The van der Waals surface area contributed by atoms with Crippen LogP contribution in [0.2, 0.25) is 0 Å². The lowest BCUT2D eigenvalue weighted by Crippen LogP contribution is -2.41. The molecular weight excluding hydrogens is 408 g/mol. The van der Waals surface area contributed by atoms with Gasteiger partial charge in [0.05, 0.1) is 29.9 Å². The van der Waals surface area contributed by atoms with E-state index in [0.717, 1.165) is 27.2 Å². The van der Waals surface area contributed by atoms with Gasteiger partial charge in [0, 0.05) is 11.8 Å². The van der Waals surface area contributed by atoms with E-state index in [2.05, 4.69) is 0 Å². The molecule has 0 spiro atoms. The number of hydrogen-bond donors (Lipinski definition) is 0. The molecule has 1 fully saturated rings. The molecule has 7 rings (SSSR count). The monoisotopic (exact) mass is 426 g/mol. The number of carbonyl (C=O) groups excluding carboxylic acids is 2. The van der Waals surface area contributed by atoms with Crippen LogP contribution in [0, 0.1) is 22.0 Å². The summed E-state index contributed by atoms with van der Waals surface area (Å²) >= 11 is 0. The highest BCUT2D eigenvalue weighted by Gasteiger charge is 2.62. The Kier molecular flexibility index (Phi) is 3.81. The second-order valence-electron chi connectivity index (χ2n) is 8.39. The maximum atomic E-state index is 13.7. The number of nitro groups is 1. The molecule has 3 aromatic rings. The topological polar surface area (TPSA) is 89.8 Å². The minimum atomic E-state index is -0.585. The molecule has 3 aromatic carbocycles. The van der Waals surface area contributed by atoms with Crippen molar-refractivity contribution in [1.82, 2.24) is 0 Å². The van der Waals surface area contributed by atoms with Gasteiger partial charge in [0.25, 0.3) is 5.69 Å². The first-order valence-corrected chi connectivity index (χ1v) is 10.4. The number of methoxy groups -OCH3 is 1. The van der Waals surface area contributed by atoms with Crippen LogP contribution in [-0.4, -0.2) is 23.8 Å². The molecular formula is C25H18N2O5. The van der Waals surface area contributed by atoms with E-state index in [-0.39, 0.29) is 40.8 Å². The third-order valence-electron chi connectivity index (χ3n) is 7.07. The van der Waals surface area contributed by atoms with E-state index >= 15 is 0 Å². The first-order valence-electron chi connectivity index (χ1n) is 10.4. The zero-order valence-corrected chi connectivity index (χ0v) is 17.1. The van der Waals surface area contributed by atoms with E-state index in [0.29, 0.717) is 0 Å². The lowest BCUT2D eigenvalue weighted by atomic mass is 9.55. The number of hydrogen-bond acceptors (Lipinski definition) is 5. The zero-order chi connectivity index (χ0) is 22.1. The average Bonchev–Trinajstić information content (AvgIpc) is 3.09. The fourth-order valence-corrected chi connectivity index (χ4v) is 5.88. The van der Waals surface area contributed by atoms with Crippen LogP contribution in [0.4, 0.5) is 11.4 Å². The van der Waals surface area contributed by atoms with Crippen molar-refractivity contribution in [2.75, 3.05) is 12.0 Å². The summed E-state index contributed by atoms with van der Waals surface area (Å²) in [6.45, 7) is 0. The molecule has 2 atom stereocenters. The first kappa shape index (κ1) is 18.7. The van der Waals surface area contributed by atoms with Crippen LogP contribution in [0.5, 0.6) is 5.75 Å². The van der Waals surface area contributed by atoms with Gasteiger partial charge in [-0.3, -0.25) is 19.7 Å². The summed E-state index contributed by atoms with van der Waals surface area (Å²) in [5, 5.41) is 11.8. The molecule has 0 N–H and O–H groups in total. The molecule has 1 aliphatic heterocycles. The molecule has 1 saturated heterocycles. The molecule has 3 aliphatic carbocycles. The van der Waals surface area contributed by atoms with Gasteiger partial charge in [-0.2, -0.15) is 0 Å². The van der Waals surface area contributed by atoms with E-state index in [4.69, 9.17) is 4.74 Å². The SMILES string of the molecule is COc1ccc(N2C(=O)[C@@H]3C4c5ccccc5C(c5ccccc54)[C@H]3C2=O)c([N+](=O)[O-])c1. The quantitative estimate of drug-likeness (QED) is 0.359.